The van der Waals surface area contributed by atoms with Crippen molar-refractivity contribution in [2.24, 2.45) is 10.7 Å². The van der Waals surface area contributed by atoms with Gasteiger partial charge in [0, 0.05) is 23.5 Å². The molecule has 3 rings (SSSR count). The number of para-hydroxylation sites is 1. The quantitative estimate of drug-likeness (QED) is 0.769. The Balaban J connectivity index is 2.01. The molecule has 6 nitrogen and oxygen atoms in total. The van der Waals surface area contributed by atoms with Crippen LogP contribution in [0.5, 0.6) is 0 Å². The van der Waals surface area contributed by atoms with Gasteiger partial charge in [0.25, 0.3) is 0 Å². The lowest BCUT2D eigenvalue weighted by molar-refractivity contribution is -0.115. The normalized spacial score (nSPS) is 23.1. The molecular weight excluding hydrogens is 290 g/mol. The van der Waals surface area contributed by atoms with E-state index in [0.717, 1.165) is 24.1 Å². The topological polar surface area (TPSA) is 103 Å². The Hall–Kier alpha value is -2.81. The molecule has 0 bridgehead atoms. The molecule has 0 spiro atoms. The minimum Gasteiger partial charge on any atom is -0.382 e. The van der Waals surface area contributed by atoms with Gasteiger partial charge in [0.1, 0.15) is 5.84 Å². The Labute approximate surface area is 135 Å². The molecule has 118 valence electrons. The lowest BCUT2D eigenvalue weighted by atomic mass is 9.86. The molecule has 1 aliphatic carbocycles. The first-order valence-corrected chi connectivity index (χ1v) is 7.73. The molecule has 1 aromatic carbocycles. The number of hydrogen-bond donors (Lipinski definition) is 3. The van der Waals surface area contributed by atoms with Gasteiger partial charge < -0.3 is 16.4 Å². The van der Waals surface area contributed by atoms with Crippen LogP contribution in [0.4, 0.5) is 5.69 Å². The average Bonchev–Trinajstić information content (AvgIpc) is 3.38. The Morgan fingerprint density at radius 1 is 1.52 bits per heavy atom. The number of primary amides is 1. The smallest absolute Gasteiger partial charge is 0.249 e. The maximum atomic E-state index is 11.6. The number of nitrogens with zero attached hydrogens (tertiary/aromatic N) is 2. The van der Waals surface area contributed by atoms with E-state index in [9.17, 15) is 10.1 Å². The second-order valence-electron chi connectivity index (χ2n) is 5.84. The summed E-state index contributed by atoms with van der Waals surface area (Å²) in [5, 5.41) is 16.2. The van der Waals surface area contributed by atoms with Gasteiger partial charge >= 0.3 is 0 Å². The number of anilines is 1. The van der Waals surface area contributed by atoms with Gasteiger partial charge in [-0.2, -0.15) is 5.26 Å². The lowest BCUT2D eigenvalue weighted by Gasteiger charge is -2.32. The zero-order valence-corrected chi connectivity index (χ0v) is 13.0. The standard InChI is InChI=1S/C17H19N5O/c1-2-17(10-18)13(15(19)23)9-20-16(22-17)12-5-3-4-6-14(12)21-11-7-8-11/h3-6,9,11,21H,2,7-8H2,1H3,(H2,19,23)(H,20,22). The van der Waals surface area contributed by atoms with E-state index in [1.165, 1.54) is 6.20 Å². The number of nitrogens with one attached hydrogen (secondary N) is 2. The zero-order chi connectivity index (χ0) is 16.4. The third-order valence-corrected chi connectivity index (χ3v) is 4.22. The Kier molecular flexibility index (Phi) is 3.78. The average molecular weight is 309 g/mol. The Morgan fingerprint density at radius 2 is 2.26 bits per heavy atom. The van der Waals surface area contributed by atoms with Crippen molar-refractivity contribution in [2.45, 2.75) is 37.8 Å². The molecule has 1 amide bonds. The molecule has 6 heteroatoms. The molecule has 0 saturated heterocycles. The summed E-state index contributed by atoms with van der Waals surface area (Å²) in [4.78, 5) is 16.0. The summed E-state index contributed by atoms with van der Waals surface area (Å²) >= 11 is 0. The fraction of sp³-hybridized carbons (Fsp3) is 0.353. The van der Waals surface area contributed by atoms with Crippen molar-refractivity contribution in [1.82, 2.24) is 5.32 Å². The monoisotopic (exact) mass is 309 g/mol. The van der Waals surface area contributed by atoms with Gasteiger partial charge in [0.2, 0.25) is 5.91 Å². The van der Waals surface area contributed by atoms with E-state index in [1.54, 1.807) is 0 Å². The van der Waals surface area contributed by atoms with E-state index in [4.69, 9.17) is 5.73 Å². The Bertz CT molecular complexity index is 742. The van der Waals surface area contributed by atoms with Gasteiger partial charge in [-0.3, -0.25) is 4.79 Å². The first-order chi connectivity index (χ1) is 11.1. The van der Waals surface area contributed by atoms with E-state index in [2.05, 4.69) is 21.7 Å². The fourth-order valence-electron chi connectivity index (χ4n) is 2.66. The molecule has 1 aliphatic heterocycles. The summed E-state index contributed by atoms with van der Waals surface area (Å²) in [6.45, 7) is 1.84. The first-order valence-electron chi connectivity index (χ1n) is 7.73. The molecule has 0 radical (unpaired) electrons. The van der Waals surface area contributed by atoms with Crippen molar-refractivity contribution in [3.63, 3.8) is 0 Å². The molecule has 0 aromatic heterocycles. The largest absolute Gasteiger partial charge is 0.382 e. The Morgan fingerprint density at radius 3 is 2.87 bits per heavy atom. The number of carbonyl (C=O) groups excluding carboxylic acids is 1. The molecule has 1 atom stereocenters. The molecule has 2 aliphatic rings. The fourth-order valence-corrected chi connectivity index (χ4v) is 2.66. The molecule has 1 saturated carbocycles. The van der Waals surface area contributed by atoms with Crippen LogP contribution < -0.4 is 16.4 Å². The summed E-state index contributed by atoms with van der Waals surface area (Å²) in [5.41, 5.74) is 6.31. The van der Waals surface area contributed by atoms with Crippen LogP contribution in [0.15, 0.2) is 41.0 Å². The van der Waals surface area contributed by atoms with Crippen molar-refractivity contribution in [3.05, 3.63) is 41.6 Å². The van der Waals surface area contributed by atoms with Gasteiger partial charge in [-0.1, -0.05) is 19.1 Å². The minimum atomic E-state index is -1.14. The van der Waals surface area contributed by atoms with E-state index < -0.39 is 11.4 Å². The highest BCUT2D eigenvalue weighted by atomic mass is 16.1. The number of aliphatic imine (C=N–C) groups is 1. The van der Waals surface area contributed by atoms with Crippen molar-refractivity contribution in [3.8, 4) is 6.07 Å². The van der Waals surface area contributed by atoms with Crippen LogP contribution in [0.3, 0.4) is 0 Å². The van der Waals surface area contributed by atoms with E-state index >= 15 is 0 Å². The van der Waals surface area contributed by atoms with Gasteiger partial charge in [-0.05, 0) is 31.4 Å². The molecule has 1 heterocycles. The van der Waals surface area contributed by atoms with Gasteiger partial charge in [0.05, 0.1) is 11.6 Å². The number of amidine groups is 1. The maximum absolute atomic E-state index is 11.6. The van der Waals surface area contributed by atoms with Crippen LogP contribution in [0.2, 0.25) is 0 Å². The molecule has 23 heavy (non-hydrogen) atoms. The molecule has 1 aromatic rings. The lowest BCUT2D eigenvalue weighted by Crippen LogP contribution is -2.53. The van der Waals surface area contributed by atoms with Crippen LogP contribution in [-0.2, 0) is 4.79 Å². The maximum Gasteiger partial charge on any atom is 0.249 e. The predicted octanol–water partition coefficient (Wildman–Crippen LogP) is 1.65. The number of nitriles is 1. The highest BCUT2D eigenvalue weighted by Gasteiger charge is 2.39. The van der Waals surface area contributed by atoms with Gasteiger partial charge in [0.15, 0.2) is 5.54 Å². The molecule has 1 fully saturated rings. The van der Waals surface area contributed by atoms with Crippen molar-refractivity contribution < 1.29 is 4.79 Å². The third kappa shape index (κ3) is 2.78. The SMILES string of the molecule is CCC1(C#N)NC(c2ccccc2NC2CC2)=NC=C1C(N)=O. The van der Waals surface area contributed by atoms with E-state index in [1.807, 2.05) is 31.2 Å². The summed E-state index contributed by atoms with van der Waals surface area (Å²) in [6.07, 6.45) is 4.15. The van der Waals surface area contributed by atoms with E-state index in [0.29, 0.717) is 18.3 Å². The van der Waals surface area contributed by atoms with Gasteiger partial charge in [-0.15, -0.1) is 0 Å². The number of benzene rings is 1. The molecule has 1 unspecified atom stereocenters. The number of nitrogens with two attached hydrogens (primary N) is 1. The summed E-state index contributed by atoms with van der Waals surface area (Å²) in [5.74, 6) is -0.0600. The van der Waals surface area contributed by atoms with Crippen LogP contribution in [-0.4, -0.2) is 23.3 Å². The molecular formula is C17H19N5O. The predicted molar refractivity (Wildman–Crippen MR) is 88.7 cm³/mol. The van der Waals surface area contributed by atoms with Crippen LogP contribution in [0.25, 0.3) is 0 Å². The van der Waals surface area contributed by atoms with E-state index in [-0.39, 0.29) is 5.57 Å². The minimum absolute atomic E-state index is 0.193. The third-order valence-electron chi connectivity index (χ3n) is 4.22. The number of rotatable bonds is 5. The van der Waals surface area contributed by atoms with Gasteiger partial charge in [-0.25, -0.2) is 4.99 Å². The number of hydrogen-bond acceptors (Lipinski definition) is 5. The van der Waals surface area contributed by atoms with Crippen LogP contribution in [0, 0.1) is 11.3 Å². The van der Waals surface area contributed by atoms with Crippen molar-refractivity contribution >= 4 is 17.4 Å². The van der Waals surface area contributed by atoms with Crippen LogP contribution >= 0.6 is 0 Å². The van der Waals surface area contributed by atoms with Crippen LogP contribution in [0.1, 0.15) is 31.7 Å². The van der Waals surface area contributed by atoms with Crippen molar-refractivity contribution in [1.29, 1.82) is 5.26 Å². The second-order valence-corrected chi connectivity index (χ2v) is 5.84. The molecule has 4 N–H and O–H groups in total. The number of carbonyl (C=O) groups is 1. The summed E-state index contributed by atoms with van der Waals surface area (Å²) in [7, 11) is 0. The zero-order valence-electron chi connectivity index (χ0n) is 13.0. The highest BCUT2D eigenvalue weighted by Crippen LogP contribution is 2.29. The summed E-state index contributed by atoms with van der Waals surface area (Å²) < 4.78 is 0. The summed E-state index contributed by atoms with van der Waals surface area (Å²) in [6, 6.07) is 10.5. The van der Waals surface area contributed by atoms with Crippen molar-refractivity contribution in [2.75, 3.05) is 5.32 Å². The number of amides is 1. The first kappa shape index (κ1) is 15.1. The highest BCUT2D eigenvalue weighted by molar-refractivity contribution is 6.07. The second kappa shape index (κ2) is 5.76.